The largest absolute Gasteiger partial charge is 0.748 e. The Bertz CT molecular complexity index is 217. The predicted octanol–water partition coefficient (Wildman–Crippen LogP) is 0.873. The Kier molecular flexibility index (Phi) is 2.90. The van der Waals surface area contributed by atoms with Crippen LogP contribution in [0.25, 0.3) is 0 Å². The van der Waals surface area contributed by atoms with Crippen LogP contribution in [0.3, 0.4) is 0 Å². The first-order chi connectivity index (χ1) is 4.63. The Hall–Kier alpha value is -0.300. The lowest BCUT2D eigenvalue weighted by atomic mass is 10.3. The highest BCUT2D eigenvalue weighted by atomic mass is 32.2. The van der Waals surface area contributed by atoms with E-state index in [1.807, 2.05) is 0 Å². The fourth-order valence-corrected chi connectivity index (χ4v) is 0.821. The molecule has 0 bridgehead atoms. The third-order valence-corrected chi connectivity index (χ3v) is 2.16. The van der Waals surface area contributed by atoms with Crippen molar-refractivity contribution >= 4 is 10.1 Å². The maximum Gasteiger partial charge on any atom is 0.390 e. The van der Waals surface area contributed by atoms with E-state index in [-0.39, 0.29) is 0 Å². The minimum absolute atomic E-state index is 0.732. The molecule has 0 aliphatic carbocycles. The first kappa shape index (κ1) is 10.7. The van der Waals surface area contributed by atoms with Crippen molar-refractivity contribution < 1.29 is 26.1 Å². The molecule has 1 atom stereocenters. The highest BCUT2D eigenvalue weighted by molar-refractivity contribution is 7.86. The second-order valence-electron chi connectivity index (χ2n) is 2.12. The van der Waals surface area contributed by atoms with Gasteiger partial charge in [0.1, 0.15) is 0 Å². The molecule has 0 fully saturated rings. The minimum Gasteiger partial charge on any atom is -0.748 e. The molecule has 0 rings (SSSR count). The zero-order chi connectivity index (χ0) is 9.28. The molecule has 0 heterocycles. The van der Waals surface area contributed by atoms with E-state index < -0.39 is 28.0 Å². The van der Waals surface area contributed by atoms with Crippen LogP contribution in [0.15, 0.2) is 0 Å². The van der Waals surface area contributed by atoms with E-state index in [2.05, 4.69) is 0 Å². The predicted molar refractivity (Wildman–Crippen MR) is 29.8 cm³/mol. The topological polar surface area (TPSA) is 57.2 Å². The molecular formula is C4H6F3O3S-. The van der Waals surface area contributed by atoms with Crippen LogP contribution in [0.5, 0.6) is 0 Å². The molecule has 7 heteroatoms. The molecule has 0 aliphatic rings. The van der Waals surface area contributed by atoms with Crippen molar-refractivity contribution in [1.82, 2.24) is 0 Å². The van der Waals surface area contributed by atoms with E-state index in [4.69, 9.17) is 0 Å². The van der Waals surface area contributed by atoms with Gasteiger partial charge in [0.2, 0.25) is 0 Å². The summed E-state index contributed by atoms with van der Waals surface area (Å²) in [4.78, 5) is 0. The molecule has 0 N–H and O–H groups in total. The average molecular weight is 191 g/mol. The third kappa shape index (κ3) is 5.02. The summed E-state index contributed by atoms with van der Waals surface area (Å²) in [6.07, 6.45) is -6.18. The van der Waals surface area contributed by atoms with Gasteiger partial charge in [0, 0.05) is 0 Å². The van der Waals surface area contributed by atoms with Crippen molar-refractivity contribution in [2.75, 3.05) is 0 Å². The van der Waals surface area contributed by atoms with Crippen molar-refractivity contribution in [2.45, 2.75) is 24.8 Å². The lowest BCUT2D eigenvalue weighted by molar-refractivity contribution is -0.134. The SMILES string of the molecule is CC(CC(F)(F)F)S(=O)(=O)[O-]. The van der Waals surface area contributed by atoms with Gasteiger partial charge in [-0.2, -0.15) is 13.2 Å². The van der Waals surface area contributed by atoms with Gasteiger partial charge in [-0.1, -0.05) is 0 Å². The smallest absolute Gasteiger partial charge is 0.390 e. The van der Waals surface area contributed by atoms with Crippen LogP contribution in [-0.4, -0.2) is 24.4 Å². The summed E-state index contributed by atoms with van der Waals surface area (Å²) in [5.74, 6) is 0. The molecule has 0 aromatic carbocycles. The number of halogens is 3. The molecule has 0 saturated heterocycles. The zero-order valence-electron chi connectivity index (χ0n) is 5.55. The Labute approximate surface area is 62.0 Å². The van der Waals surface area contributed by atoms with Crippen LogP contribution in [-0.2, 0) is 10.1 Å². The van der Waals surface area contributed by atoms with E-state index in [1.165, 1.54) is 0 Å². The molecule has 1 unspecified atom stereocenters. The summed E-state index contributed by atoms with van der Waals surface area (Å²) >= 11 is 0. The fraction of sp³-hybridized carbons (Fsp3) is 1.00. The number of hydrogen-bond donors (Lipinski definition) is 0. The van der Waals surface area contributed by atoms with Gasteiger partial charge in [-0.15, -0.1) is 0 Å². The highest BCUT2D eigenvalue weighted by Gasteiger charge is 2.32. The maximum absolute atomic E-state index is 11.4. The van der Waals surface area contributed by atoms with Gasteiger partial charge in [-0.25, -0.2) is 8.42 Å². The molecule has 11 heavy (non-hydrogen) atoms. The minimum atomic E-state index is -4.81. The second-order valence-corrected chi connectivity index (χ2v) is 3.91. The molecule has 0 radical (unpaired) electrons. The molecule has 3 nitrogen and oxygen atoms in total. The van der Waals surface area contributed by atoms with Gasteiger partial charge in [0.25, 0.3) is 0 Å². The average Bonchev–Trinajstić information content (AvgIpc) is 1.56. The number of alkyl halides is 3. The highest BCUT2D eigenvalue weighted by Crippen LogP contribution is 2.23. The van der Waals surface area contributed by atoms with Crippen LogP contribution < -0.4 is 0 Å². The van der Waals surface area contributed by atoms with Crippen molar-refractivity contribution in [2.24, 2.45) is 0 Å². The van der Waals surface area contributed by atoms with Gasteiger partial charge in [0.05, 0.1) is 21.8 Å². The van der Waals surface area contributed by atoms with E-state index in [1.54, 1.807) is 0 Å². The third-order valence-electron chi connectivity index (χ3n) is 1.01. The first-order valence-electron chi connectivity index (χ1n) is 2.64. The van der Waals surface area contributed by atoms with E-state index in [0.29, 0.717) is 0 Å². The van der Waals surface area contributed by atoms with Crippen LogP contribution in [0.2, 0.25) is 0 Å². The summed E-state index contributed by atoms with van der Waals surface area (Å²) in [6.45, 7) is 0.732. The van der Waals surface area contributed by atoms with Crippen LogP contribution >= 0.6 is 0 Å². The summed E-state index contributed by atoms with van der Waals surface area (Å²) in [5, 5.41) is -1.90. The van der Waals surface area contributed by atoms with Gasteiger partial charge < -0.3 is 4.55 Å². The molecule has 0 aliphatic heterocycles. The summed E-state index contributed by atoms with van der Waals surface area (Å²) in [7, 11) is -4.81. The second kappa shape index (κ2) is 2.98. The molecular weight excluding hydrogens is 185 g/mol. The molecule has 0 amide bonds. The van der Waals surface area contributed by atoms with E-state index in [9.17, 15) is 26.1 Å². The van der Waals surface area contributed by atoms with Gasteiger partial charge in [-0.05, 0) is 6.92 Å². The van der Waals surface area contributed by atoms with E-state index >= 15 is 0 Å². The lowest BCUT2D eigenvalue weighted by Crippen LogP contribution is -2.24. The molecule has 0 spiro atoms. The lowest BCUT2D eigenvalue weighted by Gasteiger charge is -2.16. The van der Waals surface area contributed by atoms with Crippen molar-refractivity contribution in [3.05, 3.63) is 0 Å². The Morgan fingerprint density at radius 1 is 1.45 bits per heavy atom. The maximum atomic E-state index is 11.4. The Morgan fingerprint density at radius 2 is 1.82 bits per heavy atom. The number of rotatable bonds is 2. The van der Waals surface area contributed by atoms with Gasteiger partial charge >= 0.3 is 6.18 Å². The first-order valence-corrected chi connectivity index (χ1v) is 4.11. The molecule has 0 saturated carbocycles. The molecule has 0 aromatic rings. The van der Waals surface area contributed by atoms with Crippen molar-refractivity contribution in [1.29, 1.82) is 0 Å². The number of hydrogen-bond acceptors (Lipinski definition) is 3. The normalized spacial score (nSPS) is 16.5. The zero-order valence-corrected chi connectivity index (χ0v) is 6.37. The van der Waals surface area contributed by atoms with Gasteiger partial charge in [-0.3, -0.25) is 0 Å². The fourth-order valence-electron chi connectivity index (χ4n) is 0.428. The van der Waals surface area contributed by atoms with Crippen LogP contribution in [0.4, 0.5) is 13.2 Å². The monoisotopic (exact) mass is 191 g/mol. The summed E-state index contributed by atoms with van der Waals surface area (Å²) in [6, 6.07) is 0. The van der Waals surface area contributed by atoms with Crippen molar-refractivity contribution in [3.8, 4) is 0 Å². The van der Waals surface area contributed by atoms with Crippen LogP contribution in [0.1, 0.15) is 13.3 Å². The van der Waals surface area contributed by atoms with Crippen molar-refractivity contribution in [3.63, 3.8) is 0 Å². The standard InChI is InChI=1S/C4H7F3O3S/c1-3(11(8,9)10)2-4(5,6)7/h3H,2H2,1H3,(H,8,9,10)/p-1. The van der Waals surface area contributed by atoms with E-state index in [0.717, 1.165) is 6.92 Å². The Morgan fingerprint density at radius 3 is 1.91 bits per heavy atom. The summed E-state index contributed by atoms with van der Waals surface area (Å²) in [5.41, 5.74) is 0. The Balaban J connectivity index is 4.22. The molecule has 0 aromatic heterocycles. The molecule has 68 valence electrons. The van der Waals surface area contributed by atoms with Crippen LogP contribution in [0, 0.1) is 0 Å². The van der Waals surface area contributed by atoms with Gasteiger partial charge in [0.15, 0.2) is 0 Å². The summed E-state index contributed by atoms with van der Waals surface area (Å²) < 4.78 is 64.2. The quantitative estimate of drug-likeness (QED) is 0.608.